The number of benzene rings is 1. The number of nitrogens with one attached hydrogen (secondary N) is 5. The largest absolute Gasteiger partial charge is 0.450 e. The van der Waals surface area contributed by atoms with Crippen molar-refractivity contribution >= 4 is 17.5 Å². The molecule has 188 valence electrons. The Morgan fingerprint density at radius 1 is 1.14 bits per heavy atom. The predicted octanol–water partition coefficient (Wildman–Crippen LogP) is 2.51. The van der Waals surface area contributed by atoms with Gasteiger partial charge < -0.3 is 31.7 Å². The van der Waals surface area contributed by atoms with Crippen molar-refractivity contribution in [3.8, 4) is 11.5 Å². The van der Waals surface area contributed by atoms with E-state index in [0.717, 1.165) is 76.0 Å². The topological polar surface area (TPSA) is 142 Å². The minimum atomic E-state index is -0.232. The Kier molecular flexibility index (Phi) is 7.19. The maximum absolute atomic E-state index is 12.9. The Morgan fingerprint density at radius 3 is 2.71 bits per heavy atom. The second kappa shape index (κ2) is 10.7. The molecule has 0 spiro atoms. The number of ether oxygens (including phenoxy) is 1. The smallest absolute Gasteiger partial charge is 0.350 e. The van der Waals surface area contributed by atoms with Crippen LogP contribution in [-0.2, 0) is 0 Å². The number of aromatic nitrogens is 2. The van der Waals surface area contributed by atoms with Crippen LogP contribution in [-0.4, -0.2) is 47.7 Å². The molecule has 0 radical (unpaired) electrons. The Labute approximate surface area is 205 Å². The second-order valence-electron chi connectivity index (χ2n) is 9.80. The van der Waals surface area contributed by atoms with E-state index in [1.165, 1.54) is 5.56 Å². The molecule has 1 saturated heterocycles. The number of fused-ring (bicyclic) bond motifs is 2. The van der Waals surface area contributed by atoms with Crippen LogP contribution in [0.3, 0.4) is 0 Å². The van der Waals surface area contributed by atoms with Crippen molar-refractivity contribution in [2.24, 2.45) is 5.73 Å². The zero-order valence-corrected chi connectivity index (χ0v) is 20.1. The highest BCUT2D eigenvalue weighted by atomic mass is 16.5. The second-order valence-corrected chi connectivity index (χ2v) is 9.80. The molecule has 10 heteroatoms. The number of nitrogens with two attached hydrogens (primary N) is 1. The summed E-state index contributed by atoms with van der Waals surface area (Å²) in [6.07, 6.45) is 8.88. The number of anilines is 2. The van der Waals surface area contributed by atoms with E-state index in [1.54, 1.807) is 4.57 Å². The van der Waals surface area contributed by atoms with Gasteiger partial charge in [-0.15, -0.1) is 0 Å². The van der Waals surface area contributed by atoms with Gasteiger partial charge in [0.05, 0.1) is 11.9 Å². The van der Waals surface area contributed by atoms with E-state index in [-0.39, 0.29) is 17.7 Å². The molecule has 1 aromatic heterocycles. The normalized spacial score (nSPS) is 21.8. The molecule has 35 heavy (non-hydrogen) atoms. The summed E-state index contributed by atoms with van der Waals surface area (Å²) in [5.41, 5.74) is 7.25. The van der Waals surface area contributed by atoms with E-state index in [2.05, 4.69) is 38.4 Å². The van der Waals surface area contributed by atoms with Crippen molar-refractivity contribution in [2.75, 3.05) is 31.5 Å². The SMILES string of the molecule is N=C(N)NCCCN[C@H]1CC[C@H](n2cc3c(nc2=O)Nc2cc(C4CCNCC4)ccc2O3)CC1. The van der Waals surface area contributed by atoms with Gasteiger partial charge in [-0.25, -0.2) is 4.79 Å². The molecule has 3 heterocycles. The minimum absolute atomic E-state index is 0.0132. The van der Waals surface area contributed by atoms with E-state index in [1.807, 2.05) is 12.3 Å². The third kappa shape index (κ3) is 5.59. The first-order valence-electron chi connectivity index (χ1n) is 12.8. The van der Waals surface area contributed by atoms with E-state index >= 15 is 0 Å². The van der Waals surface area contributed by atoms with Crippen LogP contribution >= 0.6 is 0 Å². The lowest BCUT2D eigenvalue weighted by atomic mass is 9.90. The molecule has 5 rings (SSSR count). The maximum Gasteiger partial charge on any atom is 0.350 e. The van der Waals surface area contributed by atoms with Crippen LogP contribution in [0.2, 0.25) is 0 Å². The monoisotopic (exact) mass is 480 g/mol. The summed E-state index contributed by atoms with van der Waals surface area (Å²) in [5.74, 6) is 2.43. The first-order valence-corrected chi connectivity index (χ1v) is 12.8. The number of nitrogens with zero attached hydrogens (tertiary/aromatic N) is 2. The standard InChI is InChI=1S/C25H36N8O2/c26-24(27)30-11-1-10-29-18-3-5-19(6-4-18)33-15-22-23(32-25(33)34)31-20-14-17(2-7-21(20)35-22)16-8-12-28-13-9-16/h2,7,14-16,18-19,28-29H,1,3-6,8-13H2,(H4,26,27,30)(H,31,32,34)/t18-,19-. The number of hydrogen-bond donors (Lipinski definition) is 6. The molecule has 3 aliphatic rings. The molecule has 0 amide bonds. The van der Waals surface area contributed by atoms with Crippen LogP contribution in [0.4, 0.5) is 11.5 Å². The summed E-state index contributed by atoms with van der Waals surface area (Å²) in [7, 11) is 0. The van der Waals surface area contributed by atoms with E-state index in [9.17, 15) is 4.79 Å². The van der Waals surface area contributed by atoms with Gasteiger partial charge in [0.1, 0.15) is 0 Å². The Balaban J connectivity index is 1.19. The summed E-state index contributed by atoms with van der Waals surface area (Å²) < 4.78 is 7.93. The third-order valence-corrected chi connectivity index (χ3v) is 7.40. The number of piperidine rings is 1. The molecule has 0 unspecified atom stereocenters. The fraction of sp³-hybridized carbons (Fsp3) is 0.560. The summed E-state index contributed by atoms with van der Waals surface area (Å²) in [5, 5.41) is 20.3. The lowest BCUT2D eigenvalue weighted by molar-refractivity contribution is 0.282. The van der Waals surface area contributed by atoms with Crippen molar-refractivity contribution < 1.29 is 4.74 Å². The van der Waals surface area contributed by atoms with Gasteiger partial charge in [-0.1, -0.05) is 6.07 Å². The fourth-order valence-corrected chi connectivity index (χ4v) is 5.44. The fourth-order valence-electron chi connectivity index (χ4n) is 5.44. The Morgan fingerprint density at radius 2 is 1.94 bits per heavy atom. The van der Waals surface area contributed by atoms with Gasteiger partial charge in [0, 0.05) is 18.6 Å². The highest BCUT2D eigenvalue weighted by Gasteiger charge is 2.26. The van der Waals surface area contributed by atoms with Gasteiger partial charge in [0.2, 0.25) is 0 Å². The van der Waals surface area contributed by atoms with Crippen molar-refractivity contribution in [1.29, 1.82) is 5.41 Å². The molecule has 0 bridgehead atoms. The van der Waals surface area contributed by atoms with Gasteiger partial charge in [-0.2, -0.15) is 4.98 Å². The zero-order valence-electron chi connectivity index (χ0n) is 20.1. The average molecular weight is 481 g/mol. The lowest BCUT2D eigenvalue weighted by Crippen LogP contribution is -2.38. The molecule has 2 fully saturated rings. The van der Waals surface area contributed by atoms with Crippen molar-refractivity contribution in [1.82, 2.24) is 25.5 Å². The van der Waals surface area contributed by atoms with Gasteiger partial charge in [-0.3, -0.25) is 9.98 Å². The molecular formula is C25H36N8O2. The van der Waals surface area contributed by atoms with Gasteiger partial charge in [0.15, 0.2) is 23.3 Å². The summed E-state index contributed by atoms with van der Waals surface area (Å²) in [6.45, 7) is 3.68. The number of guanidine groups is 1. The molecule has 2 aliphatic heterocycles. The molecule has 0 atom stereocenters. The van der Waals surface area contributed by atoms with Gasteiger partial charge in [0.25, 0.3) is 0 Å². The summed E-state index contributed by atoms with van der Waals surface area (Å²) in [6, 6.07) is 6.91. The van der Waals surface area contributed by atoms with E-state index in [0.29, 0.717) is 30.1 Å². The van der Waals surface area contributed by atoms with Crippen LogP contribution in [0.1, 0.15) is 62.5 Å². The summed E-state index contributed by atoms with van der Waals surface area (Å²) >= 11 is 0. The van der Waals surface area contributed by atoms with E-state index < -0.39 is 0 Å². The molecule has 7 N–H and O–H groups in total. The van der Waals surface area contributed by atoms with E-state index in [4.69, 9.17) is 15.9 Å². The van der Waals surface area contributed by atoms with Gasteiger partial charge in [-0.05, 0) is 88.2 Å². The van der Waals surface area contributed by atoms with Crippen LogP contribution in [0.5, 0.6) is 11.5 Å². The van der Waals surface area contributed by atoms with Crippen molar-refractivity contribution in [2.45, 2.75) is 62.9 Å². The van der Waals surface area contributed by atoms with Gasteiger partial charge >= 0.3 is 5.69 Å². The minimum Gasteiger partial charge on any atom is -0.450 e. The van der Waals surface area contributed by atoms with Crippen LogP contribution in [0.15, 0.2) is 29.2 Å². The van der Waals surface area contributed by atoms with Crippen LogP contribution in [0.25, 0.3) is 0 Å². The predicted molar refractivity (Wildman–Crippen MR) is 137 cm³/mol. The Bertz CT molecular complexity index is 1100. The van der Waals surface area contributed by atoms with Crippen LogP contribution in [0, 0.1) is 5.41 Å². The number of hydrogen-bond acceptors (Lipinski definition) is 7. The Hall–Kier alpha value is -3.11. The highest BCUT2D eigenvalue weighted by Crippen LogP contribution is 2.42. The first kappa shape index (κ1) is 23.6. The zero-order chi connectivity index (χ0) is 24.2. The van der Waals surface area contributed by atoms with Crippen LogP contribution < -0.4 is 37.4 Å². The molecule has 10 nitrogen and oxygen atoms in total. The quantitative estimate of drug-likeness (QED) is 0.172. The molecule has 1 aromatic carbocycles. The average Bonchev–Trinajstić information content (AvgIpc) is 2.87. The van der Waals surface area contributed by atoms with Crippen molar-refractivity contribution in [3.05, 3.63) is 40.4 Å². The molecular weight excluding hydrogens is 444 g/mol. The number of rotatable bonds is 7. The molecule has 1 saturated carbocycles. The third-order valence-electron chi connectivity index (χ3n) is 7.40. The lowest BCUT2D eigenvalue weighted by Gasteiger charge is -2.31. The molecule has 2 aromatic rings. The van der Waals surface area contributed by atoms with Crippen molar-refractivity contribution in [3.63, 3.8) is 0 Å². The first-order chi connectivity index (χ1) is 17.1. The highest BCUT2D eigenvalue weighted by molar-refractivity contribution is 5.74. The molecule has 1 aliphatic carbocycles. The summed E-state index contributed by atoms with van der Waals surface area (Å²) in [4.78, 5) is 17.2. The maximum atomic E-state index is 12.9.